The van der Waals surface area contributed by atoms with Gasteiger partial charge in [0.25, 0.3) is 0 Å². The number of thiophene rings is 2. The molecular weight excluding hydrogens is 510 g/mol. The van der Waals surface area contributed by atoms with Crippen LogP contribution in [0.25, 0.3) is 31.3 Å². The van der Waals surface area contributed by atoms with Crippen molar-refractivity contribution in [3.8, 4) is 0 Å². The molecule has 184 valence electrons. The highest BCUT2D eigenvalue weighted by molar-refractivity contribution is 7.21. The van der Waals surface area contributed by atoms with E-state index in [2.05, 4.69) is 0 Å². The summed E-state index contributed by atoms with van der Waals surface area (Å²) in [6.45, 7) is 2.53. The van der Waals surface area contributed by atoms with E-state index in [-0.39, 0.29) is 11.1 Å². The standard InChI is InChI=1S/C25H18F6O2S2/c1-11(32)17-13-7-3-5-9-15(13)34-21(17)19-20(24(28,29)25(30,31)23(19,26)27)22-18(12(2)33)14-8-4-6-10-16(14)35-22/h3-12,32-33H,1-2H3/t11-,12-/m1/s1. The maximum absolute atomic E-state index is 15.4. The van der Waals surface area contributed by atoms with Gasteiger partial charge in [0.05, 0.1) is 23.4 Å². The Kier molecular flexibility index (Phi) is 5.41. The molecular formula is C25H18F6O2S2. The van der Waals surface area contributed by atoms with Crippen molar-refractivity contribution in [3.05, 3.63) is 69.4 Å². The molecule has 0 saturated heterocycles. The monoisotopic (exact) mass is 528 g/mol. The van der Waals surface area contributed by atoms with Gasteiger partial charge in [0.1, 0.15) is 0 Å². The fraction of sp³-hybridized carbons (Fsp3) is 0.280. The summed E-state index contributed by atoms with van der Waals surface area (Å²) in [5, 5.41) is 21.5. The second-order valence-electron chi connectivity index (χ2n) is 8.51. The van der Waals surface area contributed by atoms with Gasteiger partial charge < -0.3 is 10.2 Å². The van der Waals surface area contributed by atoms with Gasteiger partial charge in [0.2, 0.25) is 0 Å². The van der Waals surface area contributed by atoms with Crippen molar-refractivity contribution in [2.75, 3.05) is 0 Å². The number of aliphatic hydroxyl groups excluding tert-OH is 2. The molecule has 1 aliphatic rings. The molecule has 2 atom stereocenters. The molecule has 1 aliphatic carbocycles. The molecule has 0 unspecified atom stereocenters. The van der Waals surface area contributed by atoms with Crippen LogP contribution in [0.15, 0.2) is 48.5 Å². The Morgan fingerprint density at radius 2 is 0.971 bits per heavy atom. The summed E-state index contributed by atoms with van der Waals surface area (Å²) in [7, 11) is 0. The van der Waals surface area contributed by atoms with Crippen LogP contribution in [0.1, 0.15) is 46.9 Å². The molecule has 5 rings (SSSR count). The summed E-state index contributed by atoms with van der Waals surface area (Å²) in [5.41, 5.74) is -3.27. The molecule has 0 aliphatic heterocycles. The first-order valence-corrected chi connectivity index (χ1v) is 12.2. The third-order valence-corrected chi connectivity index (χ3v) is 8.63. The average Bonchev–Trinajstić information content (AvgIpc) is 3.37. The van der Waals surface area contributed by atoms with E-state index in [4.69, 9.17) is 0 Å². The molecule has 0 spiro atoms. The first kappa shape index (κ1) is 24.3. The number of halogens is 6. The summed E-state index contributed by atoms with van der Waals surface area (Å²) < 4.78 is 92.3. The van der Waals surface area contributed by atoms with Gasteiger partial charge in [-0.3, -0.25) is 0 Å². The smallest absolute Gasteiger partial charge is 0.380 e. The molecule has 2 heterocycles. The first-order valence-electron chi connectivity index (χ1n) is 10.6. The Balaban J connectivity index is 1.99. The summed E-state index contributed by atoms with van der Waals surface area (Å²) in [4.78, 5) is -1.04. The van der Waals surface area contributed by atoms with Crippen LogP contribution in [0.2, 0.25) is 0 Å². The SMILES string of the molecule is C[C@@H](O)c1c(C2=C(c3sc4ccccc4c3[C@@H](C)O)C(F)(F)C(F)(F)C2(F)F)sc2ccccc12. The lowest BCUT2D eigenvalue weighted by Gasteiger charge is -2.26. The minimum absolute atomic E-state index is 0.119. The molecule has 0 radical (unpaired) electrons. The number of aliphatic hydroxyl groups is 2. The van der Waals surface area contributed by atoms with Crippen LogP contribution in [0.5, 0.6) is 0 Å². The number of alkyl halides is 6. The number of rotatable bonds is 4. The molecule has 2 N–H and O–H groups in total. The molecule has 0 bridgehead atoms. The summed E-state index contributed by atoms with van der Waals surface area (Å²) in [6.07, 6.45) is -2.79. The topological polar surface area (TPSA) is 40.5 Å². The molecule has 2 aromatic carbocycles. The number of allylic oxidation sites excluding steroid dienone is 2. The van der Waals surface area contributed by atoms with E-state index in [0.29, 0.717) is 42.8 Å². The quantitative estimate of drug-likeness (QED) is 0.263. The van der Waals surface area contributed by atoms with Crippen molar-refractivity contribution in [2.24, 2.45) is 0 Å². The van der Waals surface area contributed by atoms with E-state index in [9.17, 15) is 19.0 Å². The predicted molar refractivity (Wildman–Crippen MR) is 127 cm³/mol. The Morgan fingerprint density at radius 3 is 1.31 bits per heavy atom. The third kappa shape index (κ3) is 3.16. The second kappa shape index (κ2) is 7.80. The first-order chi connectivity index (χ1) is 16.3. The van der Waals surface area contributed by atoms with Gasteiger partial charge in [-0.05, 0) is 36.8 Å². The fourth-order valence-electron chi connectivity index (χ4n) is 4.67. The summed E-state index contributed by atoms with van der Waals surface area (Å²) in [6, 6.07) is 12.5. The summed E-state index contributed by atoms with van der Waals surface area (Å²) >= 11 is 1.30. The van der Waals surface area contributed by atoms with Crippen molar-refractivity contribution < 1.29 is 36.6 Å². The van der Waals surface area contributed by atoms with Crippen molar-refractivity contribution in [1.29, 1.82) is 0 Å². The van der Waals surface area contributed by atoms with Gasteiger partial charge >= 0.3 is 17.8 Å². The van der Waals surface area contributed by atoms with E-state index in [0.717, 1.165) is 0 Å². The maximum atomic E-state index is 15.4. The van der Waals surface area contributed by atoms with E-state index in [1.165, 1.54) is 26.0 Å². The normalized spacial score (nSPS) is 20.6. The zero-order valence-corrected chi connectivity index (χ0v) is 19.9. The number of hydrogen-bond donors (Lipinski definition) is 2. The van der Waals surface area contributed by atoms with Crippen molar-refractivity contribution in [1.82, 2.24) is 0 Å². The minimum Gasteiger partial charge on any atom is -0.389 e. The van der Waals surface area contributed by atoms with E-state index < -0.39 is 50.9 Å². The predicted octanol–water partition coefficient (Wildman–Crippen LogP) is 8.05. The third-order valence-electron chi connectivity index (χ3n) is 6.22. The lowest BCUT2D eigenvalue weighted by Crippen LogP contribution is -2.48. The molecule has 10 heteroatoms. The van der Waals surface area contributed by atoms with Gasteiger partial charge in [0, 0.05) is 30.3 Å². The molecule has 0 amide bonds. The minimum atomic E-state index is -5.73. The van der Waals surface area contributed by atoms with Crippen LogP contribution < -0.4 is 0 Å². The summed E-state index contributed by atoms with van der Waals surface area (Å²) in [5.74, 6) is -16.2. The maximum Gasteiger partial charge on any atom is 0.380 e. The lowest BCUT2D eigenvalue weighted by atomic mass is 9.95. The zero-order chi connectivity index (χ0) is 25.5. The van der Waals surface area contributed by atoms with Gasteiger partial charge in [-0.1, -0.05) is 36.4 Å². The molecule has 0 saturated carbocycles. The highest BCUT2D eigenvalue weighted by Crippen LogP contribution is 2.67. The van der Waals surface area contributed by atoms with Gasteiger partial charge in [-0.15, -0.1) is 22.7 Å². The number of benzene rings is 2. The van der Waals surface area contributed by atoms with Crippen LogP contribution in [0, 0.1) is 0 Å². The van der Waals surface area contributed by atoms with E-state index >= 15 is 17.6 Å². The molecule has 4 aromatic rings. The molecule has 2 nitrogen and oxygen atoms in total. The lowest BCUT2D eigenvalue weighted by molar-refractivity contribution is -0.254. The van der Waals surface area contributed by atoms with Crippen molar-refractivity contribution in [3.63, 3.8) is 0 Å². The Hall–Kier alpha value is -2.40. The van der Waals surface area contributed by atoms with Crippen LogP contribution in [0.4, 0.5) is 26.3 Å². The average molecular weight is 529 g/mol. The van der Waals surface area contributed by atoms with Gasteiger partial charge in [0.15, 0.2) is 0 Å². The van der Waals surface area contributed by atoms with Crippen LogP contribution in [-0.4, -0.2) is 28.0 Å². The highest BCUT2D eigenvalue weighted by atomic mass is 32.1. The Bertz CT molecular complexity index is 1390. The number of hydrogen-bond acceptors (Lipinski definition) is 4. The number of fused-ring (bicyclic) bond motifs is 2. The Morgan fingerprint density at radius 1 is 0.629 bits per heavy atom. The van der Waals surface area contributed by atoms with Gasteiger partial charge in [-0.2, -0.15) is 26.3 Å². The van der Waals surface area contributed by atoms with Crippen molar-refractivity contribution >= 4 is 54.0 Å². The van der Waals surface area contributed by atoms with Crippen molar-refractivity contribution in [2.45, 2.75) is 43.8 Å². The zero-order valence-electron chi connectivity index (χ0n) is 18.3. The van der Waals surface area contributed by atoms with E-state index in [1.54, 1.807) is 36.4 Å². The van der Waals surface area contributed by atoms with E-state index in [1.807, 2.05) is 0 Å². The van der Waals surface area contributed by atoms with Crippen LogP contribution in [-0.2, 0) is 0 Å². The highest BCUT2D eigenvalue weighted by Gasteiger charge is 2.81. The molecule has 0 fully saturated rings. The largest absolute Gasteiger partial charge is 0.389 e. The van der Waals surface area contributed by atoms with Crippen LogP contribution in [0.3, 0.4) is 0 Å². The fourth-order valence-corrected chi connectivity index (χ4v) is 7.42. The Labute approximate surface area is 203 Å². The van der Waals surface area contributed by atoms with Crippen LogP contribution >= 0.6 is 22.7 Å². The van der Waals surface area contributed by atoms with Gasteiger partial charge in [-0.25, -0.2) is 0 Å². The second-order valence-corrected chi connectivity index (χ2v) is 10.6. The molecule has 35 heavy (non-hydrogen) atoms. The molecule has 2 aromatic heterocycles.